The Balaban J connectivity index is 1.37. The molecule has 2 heterocycles. The molecule has 8 nitrogen and oxygen atoms in total. The minimum Gasteiger partial charge on any atom is -0.368 e. The van der Waals surface area contributed by atoms with Crippen molar-refractivity contribution in [2.75, 3.05) is 36.0 Å². The van der Waals surface area contributed by atoms with Crippen LogP contribution in [0, 0.1) is 5.82 Å². The van der Waals surface area contributed by atoms with Crippen LogP contribution < -0.4 is 20.8 Å². The Labute approximate surface area is 191 Å². The summed E-state index contributed by atoms with van der Waals surface area (Å²) >= 11 is 0. The van der Waals surface area contributed by atoms with Crippen LogP contribution in [0.1, 0.15) is 12.5 Å². The molecule has 4 rings (SSSR count). The summed E-state index contributed by atoms with van der Waals surface area (Å²) in [5.74, 6) is -0.166. The fraction of sp³-hybridized carbons (Fsp3) is 0.250. The lowest BCUT2D eigenvalue weighted by Gasteiger charge is -2.36. The molecule has 1 aromatic heterocycles. The van der Waals surface area contributed by atoms with Crippen LogP contribution >= 0.6 is 0 Å². The zero-order valence-electron chi connectivity index (χ0n) is 18.3. The van der Waals surface area contributed by atoms with E-state index in [9.17, 15) is 14.0 Å². The maximum atomic E-state index is 13.1. The van der Waals surface area contributed by atoms with E-state index in [4.69, 9.17) is 0 Å². The third kappa shape index (κ3) is 5.62. The highest BCUT2D eigenvalue weighted by atomic mass is 19.1. The van der Waals surface area contributed by atoms with Gasteiger partial charge in [0.1, 0.15) is 18.2 Å². The van der Waals surface area contributed by atoms with Crippen LogP contribution in [0.3, 0.4) is 0 Å². The van der Waals surface area contributed by atoms with Gasteiger partial charge >= 0.3 is 0 Å². The van der Waals surface area contributed by atoms with Gasteiger partial charge in [0.2, 0.25) is 0 Å². The SMILES string of the molecule is C/C(=N\NC(=O)Cn1nc(N2CCN(c3ccccc3)CC2)ccc1=O)c1ccc(F)cc1. The van der Waals surface area contributed by atoms with Crippen LogP contribution in [-0.4, -0.2) is 47.6 Å². The van der Waals surface area contributed by atoms with Crippen molar-refractivity contribution >= 4 is 23.1 Å². The lowest BCUT2D eigenvalue weighted by molar-refractivity contribution is -0.121. The summed E-state index contributed by atoms with van der Waals surface area (Å²) in [6.07, 6.45) is 0. The first kappa shape index (κ1) is 22.2. The van der Waals surface area contributed by atoms with Gasteiger partial charge in [-0.05, 0) is 42.8 Å². The number of aromatic nitrogens is 2. The van der Waals surface area contributed by atoms with E-state index in [0.29, 0.717) is 17.1 Å². The van der Waals surface area contributed by atoms with E-state index in [1.54, 1.807) is 25.1 Å². The van der Waals surface area contributed by atoms with Gasteiger partial charge in [-0.25, -0.2) is 14.5 Å². The van der Waals surface area contributed by atoms with Crippen LogP contribution in [0.5, 0.6) is 0 Å². The maximum absolute atomic E-state index is 13.1. The molecule has 170 valence electrons. The zero-order valence-corrected chi connectivity index (χ0v) is 18.3. The van der Waals surface area contributed by atoms with Crippen molar-refractivity contribution in [3.63, 3.8) is 0 Å². The van der Waals surface area contributed by atoms with Gasteiger partial charge in [-0.1, -0.05) is 30.3 Å². The molecule has 1 aliphatic heterocycles. The molecule has 3 aromatic rings. The van der Waals surface area contributed by atoms with Crippen molar-refractivity contribution in [1.82, 2.24) is 15.2 Å². The molecular formula is C24H25FN6O2. The van der Waals surface area contributed by atoms with Gasteiger partial charge in [0.25, 0.3) is 11.5 Å². The number of hydrazone groups is 1. The number of rotatable bonds is 6. The van der Waals surface area contributed by atoms with Crippen LogP contribution in [0.4, 0.5) is 15.9 Å². The molecule has 2 aromatic carbocycles. The van der Waals surface area contributed by atoms with Crippen molar-refractivity contribution in [3.05, 3.63) is 88.5 Å². The summed E-state index contributed by atoms with van der Waals surface area (Å²) in [6, 6.07) is 19.1. The molecule has 1 saturated heterocycles. The summed E-state index contributed by atoms with van der Waals surface area (Å²) in [5.41, 5.74) is 4.45. The Morgan fingerprint density at radius 1 is 0.970 bits per heavy atom. The molecule has 33 heavy (non-hydrogen) atoms. The Morgan fingerprint density at radius 2 is 1.64 bits per heavy atom. The van der Waals surface area contributed by atoms with E-state index in [2.05, 4.69) is 37.6 Å². The topological polar surface area (TPSA) is 82.8 Å². The largest absolute Gasteiger partial charge is 0.368 e. The normalized spacial score (nSPS) is 14.3. The van der Waals surface area contributed by atoms with Crippen molar-refractivity contribution in [2.45, 2.75) is 13.5 Å². The summed E-state index contributed by atoms with van der Waals surface area (Å²) < 4.78 is 14.2. The van der Waals surface area contributed by atoms with Crippen LogP contribution in [-0.2, 0) is 11.3 Å². The van der Waals surface area contributed by atoms with E-state index in [0.717, 1.165) is 30.9 Å². The van der Waals surface area contributed by atoms with E-state index >= 15 is 0 Å². The molecule has 0 aliphatic carbocycles. The predicted octanol–water partition coefficient (Wildman–Crippen LogP) is 2.25. The molecule has 9 heteroatoms. The van der Waals surface area contributed by atoms with Gasteiger partial charge in [-0.15, -0.1) is 0 Å². The average Bonchev–Trinajstić information content (AvgIpc) is 2.85. The number of halogens is 1. The van der Waals surface area contributed by atoms with Gasteiger partial charge in [0.05, 0.1) is 5.71 Å². The average molecular weight is 449 g/mol. The number of carbonyl (C=O) groups is 1. The van der Waals surface area contributed by atoms with Crippen molar-refractivity contribution in [2.24, 2.45) is 5.10 Å². The molecule has 0 unspecified atom stereocenters. The number of carbonyl (C=O) groups excluding carboxylic acids is 1. The lowest BCUT2D eigenvalue weighted by atomic mass is 10.1. The summed E-state index contributed by atoms with van der Waals surface area (Å²) in [7, 11) is 0. The van der Waals surface area contributed by atoms with Gasteiger partial charge in [0, 0.05) is 37.9 Å². The monoisotopic (exact) mass is 448 g/mol. The second-order valence-corrected chi connectivity index (χ2v) is 7.74. The summed E-state index contributed by atoms with van der Waals surface area (Å²) in [5, 5.41) is 8.42. The fourth-order valence-electron chi connectivity index (χ4n) is 3.63. The molecule has 0 spiro atoms. The second-order valence-electron chi connectivity index (χ2n) is 7.74. The number of para-hydroxylation sites is 1. The van der Waals surface area contributed by atoms with Crippen LogP contribution in [0.15, 0.2) is 76.6 Å². The molecule has 1 amide bonds. The molecule has 0 bridgehead atoms. The third-order valence-corrected chi connectivity index (χ3v) is 5.48. The minimum atomic E-state index is -0.475. The number of hydrogen-bond acceptors (Lipinski definition) is 6. The highest BCUT2D eigenvalue weighted by molar-refractivity contribution is 5.99. The van der Waals surface area contributed by atoms with Crippen LogP contribution in [0.25, 0.3) is 0 Å². The molecule has 0 atom stereocenters. The molecule has 1 aliphatic rings. The first-order valence-electron chi connectivity index (χ1n) is 10.7. The summed E-state index contributed by atoms with van der Waals surface area (Å²) in [6.45, 7) is 4.64. The van der Waals surface area contributed by atoms with Gasteiger partial charge in [0.15, 0.2) is 0 Å². The molecule has 1 fully saturated rings. The predicted molar refractivity (Wildman–Crippen MR) is 126 cm³/mol. The van der Waals surface area contributed by atoms with E-state index in [1.807, 2.05) is 18.2 Å². The number of benzene rings is 2. The van der Waals surface area contributed by atoms with Crippen molar-refractivity contribution in [1.29, 1.82) is 0 Å². The lowest BCUT2D eigenvalue weighted by Crippen LogP contribution is -2.47. The highest BCUT2D eigenvalue weighted by Gasteiger charge is 2.19. The van der Waals surface area contributed by atoms with Crippen LogP contribution in [0.2, 0.25) is 0 Å². The fourth-order valence-corrected chi connectivity index (χ4v) is 3.63. The Hall–Kier alpha value is -4.01. The number of hydrogen-bond donors (Lipinski definition) is 1. The number of nitrogens with zero attached hydrogens (tertiary/aromatic N) is 5. The van der Waals surface area contributed by atoms with Gasteiger partial charge in [-0.2, -0.15) is 10.2 Å². The van der Waals surface area contributed by atoms with Gasteiger partial charge < -0.3 is 9.80 Å². The Morgan fingerprint density at radius 3 is 2.33 bits per heavy atom. The second kappa shape index (κ2) is 10.1. The third-order valence-electron chi connectivity index (χ3n) is 5.48. The smallest absolute Gasteiger partial charge is 0.267 e. The molecule has 0 saturated carbocycles. The minimum absolute atomic E-state index is 0.253. The first-order chi connectivity index (χ1) is 16.0. The number of nitrogens with one attached hydrogen (secondary N) is 1. The Bertz CT molecular complexity index is 1190. The quantitative estimate of drug-likeness (QED) is 0.462. The van der Waals surface area contributed by atoms with Gasteiger partial charge in [-0.3, -0.25) is 9.59 Å². The van der Waals surface area contributed by atoms with E-state index < -0.39 is 5.91 Å². The maximum Gasteiger partial charge on any atom is 0.267 e. The van der Waals surface area contributed by atoms with Crippen molar-refractivity contribution in [3.8, 4) is 0 Å². The molecular weight excluding hydrogens is 423 g/mol. The number of amides is 1. The molecule has 0 radical (unpaired) electrons. The zero-order chi connectivity index (χ0) is 23.2. The first-order valence-corrected chi connectivity index (χ1v) is 10.7. The molecule has 1 N–H and O–H groups in total. The van der Waals surface area contributed by atoms with Crippen molar-refractivity contribution < 1.29 is 9.18 Å². The highest BCUT2D eigenvalue weighted by Crippen LogP contribution is 2.18. The number of piperazine rings is 1. The number of anilines is 2. The van der Waals surface area contributed by atoms with E-state index in [-0.39, 0.29) is 17.9 Å². The summed E-state index contributed by atoms with van der Waals surface area (Å²) in [4.78, 5) is 29.0. The van der Waals surface area contributed by atoms with E-state index in [1.165, 1.54) is 23.9 Å². The standard InChI is InChI=1S/C24H25FN6O2/c1-18(19-7-9-20(25)10-8-19)26-27-23(32)17-31-24(33)12-11-22(28-31)30-15-13-29(14-16-30)21-5-3-2-4-6-21/h2-12H,13-17H2,1H3,(H,27,32)/b26-18+. The Kier molecular flexibility index (Phi) is 6.77.